The lowest BCUT2D eigenvalue weighted by atomic mass is 10.1. The number of aromatic nitrogens is 3. The SMILES string of the molecule is COCCOc1ccc(NC(=O)c2sc(-c3c(C)c(C)nn(C)c3=O)nc2C)cc1. The largest absolute Gasteiger partial charge is 0.491 e. The Labute approximate surface area is 178 Å². The number of hydrogen-bond donors (Lipinski definition) is 1. The molecule has 2 heterocycles. The van der Waals surface area contributed by atoms with E-state index < -0.39 is 0 Å². The van der Waals surface area contributed by atoms with Crippen LogP contribution in [0.25, 0.3) is 10.6 Å². The van der Waals surface area contributed by atoms with Crippen molar-refractivity contribution in [3.8, 4) is 16.3 Å². The van der Waals surface area contributed by atoms with Gasteiger partial charge in [-0.15, -0.1) is 11.3 Å². The van der Waals surface area contributed by atoms with E-state index in [-0.39, 0.29) is 11.5 Å². The molecule has 9 heteroatoms. The summed E-state index contributed by atoms with van der Waals surface area (Å²) in [5.74, 6) is 0.422. The number of aryl methyl sites for hydroxylation is 3. The number of methoxy groups -OCH3 is 1. The van der Waals surface area contributed by atoms with Crippen LogP contribution in [-0.2, 0) is 11.8 Å². The number of carbonyl (C=O) groups is 1. The van der Waals surface area contributed by atoms with E-state index in [2.05, 4.69) is 15.4 Å². The van der Waals surface area contributed by atoms with Gasteiger partial charge in [0.1, 0.15) is 22.2 Å². The first kappa shape index (κ1) is 21.7. The highest BCUT2D eigenvalue weighted by Crippen LogP contribution is 2.29. The van der Waals surface area contributed by atoms with Crippen molar-refractivity contribution in [2.45, 2.75) is 20.8 Å². The molecule has 3 rings (SSSR count). The summed E-state index contributed by atoms with van der Waals surface area (Å²) >= 11 is 1.20. The van der Waals surface area contributed by atoms with Gasteiger partial charge in [-0.1, -0.05) is 0 Å². The zero-order valence-corrected chi connectivity index (χ0v) is 18.4. The second-order valence-electron chi connectivity index (χ2n) is 6.77. The van der Waals surface area contributed by atoms with Crippen LogP contribution in [0.2, 0.25) is 0 Å². The van der Waals surface area contributed by atoms with Gasteiger partial charge in [-0.3, -0.25) is 9.59 Å². The zero-order chi connectivity index (χ0) is 21.8. The smallest absolute Gasteiger partial charge is 0.277 e. The molecule has 1 N–H and O–H groups in total. The molecule has 1 amide bonds. The van der Waals surface area contributed by atoms with Gasteiger partial charge in [0.2, 0.25) is 0 Å². The molecule has 0 spiro atoms. The van der Waals surface area contributed by atoms with Crippen LogP contribution < -0.4 is 15.6 Å². The normalized spacial score (nSPS) is 10.8. The molecule has 0 aliphatic carbocycles. The molecule has 0 bridgehead atoms. The van der Waals surface area contributed by atoms with Crippen LogP contribution in [0.4, 0.5) is 5.69 Å². The van der Waals surface area contributed by atoms with Crippen molar-refractivity contribution < 1.29 is 14.3 Å². The molecule has 1 aromatic carbocycles. The topological polar surface area (TPSA) is 95.3 Å². The summed E-state index contributed by atoms with van der Waals surface area (Å²) in [5.41, 5.74) is 2.97. The van der Waals surface area contributed by atoms with Gasteiger partial charge in [0, 0.05) is 19.8 Å². The summed E-state index contributed by atoms with van der Waals surface area (Å²) in [6.07, 6.45) is 0. The molecule has 8 nitrogen and oxygen atoms in total. The number of rotatable bonds is 7. The van der Waals surface area contributed by atoms with Crippen LogP contribution in [-0.4, -0.2) is 41.0 Å². The summed E-state index contributed by atoms with van der Waals surface area (Å²) in [7, 11) is 3.22. The van der Waals surface area contributed by atoms with E-state index in [4.69, 9.17) is 9.47 Å². The summed E-state index contributed by atoms with van der Waals surface area (Å²) in [6, 6.07) is 7.10. The third kappa shape index (κ3) is 4.58. The average Bonchev–Trinajstić information content (AvgIpc) is 3.09. The van der Waals surface area contributed by atoms with Crippen LogP contribution in [0, 0.1) is 20.8 Å². The average molecular weight is 429 g/mol. The van der Waals surface area contributed by atoms with E-state index in [0.29, 0.717) is 45.8 Å². The van der Waals surface area contributed by atoms with E-state index in [1.54, 1.807) is 45.3 Å². The fraction of sp³-hybridized carbons (Fsp3) is 0.333. The quantitative estimate of drug-likeness (QED) is 0.581. The fourth-order valence-electron chi connectivity index (χ4n) is 2.88. The van der Waals surface area contributed by atoms with Crippen LogP contribution >= 0.6 is 11.3 Å². The van der Waals surface area contributed by atoms with Gasteiger partial charge < -0.3 is 14.8 Å². The Bertz CT molecular complexity index is 1120. The molecular weight excluding hydrogens is 404 g/mol. The number of benzene rings is 1. The molecule has 0 radical (unpaired) electrons. The highest BCUT2D eigenvalue weighted by Gasteiger charge is 2.21. The van der Waals surface area contributed by atoms with Gasteiger partial charge in [-0.05, 0) is 50.6 Å². The van der Waals surface area contributed by atoms with Gasteiger partial charge in [0.25, 0.3) is 11.5 Å². The molecule has 0 saturated carbocycles. The van der Waals surface area contributed by atoms with Crippen molar-refractivity contribution in [3.63, 3.8) is 0 Å². The predicted molar refractivity (Wildman–Crippen MR) is 117 cm³/mol. The number of hydrogen-bond acceptors (Lipinski definition) is 7. The Morgan fingerprint density at radius 3 is 2.50 bits per heavy atom. The first-order chi connectivity index (χ1) is 14.3. The third-order valence-corrected chi connectivity index (χ3v) is 5.78. The summed E-state index contributed by atoms with van der Waals surface area (Å²) in [4.78, 5) is 30.3. The Kier molecular flexibility index (Phi) is 6.63. The fourth-order valence-corrected chi connectivity index (χ4v) is 3.94. The Morgan fingerprint density at radius 2 is 1.83 bits per heavy atom. The van der Waals surface area contributed by atoms with Crippen molar-refractivity contribution in [2.75, 3.05) is 25.6 Å². The first-order valence-corrected chi connectivity index (χ1v) is 10.2. The Morgan fingerprint density at radius 1 is 1.13 bits per heavy atom. The standard InChI is InChI=1S/C21H24N4O4S/c1-12-13(2)24-25(4)21(27)17(12)20-22-14(3)18(30-20)19(26)23-15-6-8-16(9-7-15)29-11-10-28-5/h6-9H,10-11H2,1-5H3,(H,23,26). The van der Waals surface area contributed by atoms with Crippen LogP contribution in [0.15, 0.2) is 29.1 Å². The minimum absolute atomic E-state index is 0.233. The Balaban J connectivity index is 1.81. The van der Waals surface area contributed by atoms with E-state index in [9.17, 15) is 9.59 Å². The van der Waals surface area contributed by atoms with Gasteiger partial charge in [-0.25, -0.2) is 9.67 Å². The molecular formula is C21H24N4O4S. The zero-order valence-electron chi connectivity index (χ0n) is 17.6. The van der Waals surface area contributed by atoms with Gasteiger partial charge in [0.05, 0.1) is 23.6 Å². The summed E-state index contributed by atoms with van der Waals surface area (Å²) in [5, 5.41) is 7.58. The third-order valence-electron chi connectivity index (χ3n) is 4.61. The molecule has 158 valence electrons. The molecule has 0 aliphatic rings. The molecule has 3 aromatic rings. The Hall–Kier alpha value is -3.04. The van der Waals surface area contributed by atoms with Crippen LogP contribution in [0.5, 0.6) is 5.75 Å². The van der Waals surface area contributed by atoms with Gasteiger partial charge in [-0.2, -0.15) is 5.10 Å². The summed E-state index contributed by atoms with van der Waals surface area (Å²) in [6.45, 7) is 6.40. The number of amides is 1. The van der Waals surface area contributed by atoms with Crippen molar-refractivity contribution in [1.29, 1.82) is 0 Å². The number of thiazole rings is 1. The first-order valence-electron chi connectivity index (χ1n) is 9.37. The molecule has 0 saturated heterocycles. The summed E-state index contributed by atoms with van der Waals surface area (Å²) < 4.78 is 11.8. The number of ether oxygens (including phenoxy) is 2. The van der Waals surface area contributed by atoms with E-state index in [1.165, 1.54) is 16.0 Å². The second-order valence-corrected chi connectivity index (χ2v) is 7.77. The molecule has 0 aliphatic heterocycles. The molecule has 0 fully saturated rings. The lowest BCUT2D eigenvalue weighted by Crippen LogP contribution is -2.23. The van der Waals surface area contributed by atoms with Crippen molar-refractivity contribution in [1.82, 2.24) is 14.8 Å². The van der Waals surface area contributed by atoms with Gasteiger partial charge in [0.15, 0.2) is 0 Å². The van der Waals surface area contributed by atoms with Crippen molar-refractivity contribution in [2.24, 2.45) is 7.05 Å². The number of nitrogens with one attached hydrogen (secondary N) is 1. The minimum atomic E-state index is -0.274. The number of anilines is 1. The predicted octanol–water partition coefficient (Wildman–Crippen LogP) is 3.11. The van der Waals surface area contributed by atoms with E-state index in [0.717, 1.165) is 11.3 Å². The van der Waals surface area contributed by atoms with Crippen LogP contribution in [0.1, 0.15) is 26.6 Å². The highest BCUT2D eigenvalue weighted by molar-refractivity contribution is 7.17. The molecule has 0 unspecified atom stereocenters. The maximum absolute atomic E-state index is 12.8. The van der Waals surface area contributed by atoms with E-state index in [1.807, 2.05) is 13.8 Å². The maximum Gasteiger partial charge on any atom is 0.277 e. The monoisotopic (exact) mass is 428 g/mol. The second kappa shape index (κ2) is 9.19. The molecule has 0 atom stereocenters. The molecule has 2 aromatic heterocycles. The van der Waals surface area contributed by atoms with Crippen molar-refractivity contribution in [3.05, 3.63) is 56.4 Å². The maximum atomic E-state index is 12.8. The number of carbonyl (C=O) groups excluding carboxylic acids is 1. The lowest BCUT2D eigenvalue weighted by Gasteiger charge is -2.08. The molecule has 30 heavy (non-hydrogen) atoms. The van der Waals surface area contributed by atoms with Crippen molar-refractivity contribution >= 4 is 22.9 Å². The number of nitrogens with zero attached hydrogens (tertiary/aromatic N) is 3. The van der Waals surface area contributed by atoms with E-state index >= 15 is 0 Å². The van der Waals surface area contributed by atoms with Gasteiger partial charge >= 0.3 is 0 Å². The minimum Gasteiger partial charge on any atom is -0.491 e. The van der Waals surface area contributed by atoms with Crippen LogP contribution in [0.3, 0.4) is 0 Å². The lowest BCUT2D eigenvalue weighted by molar-refractivity contribution is 0.103. The highest BCUT2D eigenvalue weighted by atomic mass is 32.1.